The Hall–Kier alpha value is -1.58. The molecule has 0 spiro atoms. The summed E-state index contributed by atoms with van der Waals surface area (Å²) in [4.78, 5) is 11.3. The van der Waals surface area contributed by atoms with Gasteiger partial charge in [-0.25, -0.2) is 4.39 Å². The van der Waals surface area contributed by atoms with Gasteiger partial charge in [-0.2, -0.15) is 0 Å². The molecule has 17 heavy (non-hydrogen) atoms. The molecule has 0 bridgehead atoms. The van der Waals surface area contributed by atoms with Crippen molar-refractivity contribution in [3.05, 3.63) is 29.6 Å². The average molecular weight is 237 g/mol. The Bertz CT molecular complexity index is 445. The van der Waals surface area contributed by atoms with Gasteiger partial charge < -0.3 is 10.4 Å². The number of carboxylic acid groups (broad SMARTS) is 1. The van der Waals surface area contributed by atoms with E-state index in [0.29, 0.717) is 6.54 Å². The monoisotopic (exact) mass is 237 g/mol. The summed E-state index contributed by atoms with van der Waals surface area (Å²) in [6, 6.07) is 4.50. The van der Waals surface area contributed by atoms with Crippen LogP contribution in [0.3, 0.4) is 0 Å². The number of fused-ring (bicyclic) bond motifs is 1. The van der Waals surface area contributed by atoms with E-state index in [4.69, 9.17) is 0 Å². The van der Waals surface area contributed by atoms with Crippen LogP contribution in [-0.4, -0.2) is 17.6 Å². The first kappa shape index (κ1) is 11.9. The molecule has 0 amide bonds. The summed E-state index contributed by atoms with van der Waals surface area (Å²) >= 11 is 0. The largest absolute Gasteiger partial charge is 0.481 e. The van der Waals surface area contributed by atoms with Crippen LogP contribution in [0, 0.1) is 17.7 Å². The number of aliphatic carboxylic acids is 1. The summed E-state index contributed by atoms with van der Waals surface area (Å²) in [5.41, 5.74) is 1.63. The van der Waals surface area contributed by atoms with E-state index in [1.54, 1.807) is 6.07 Å². The molecule has 0 aromatic heterocycles. The molecule has 0 saturated heterocycles. The lowest BCUT2D eigenvalue weighted by Crippen LogP contribution is -2.28. The summed E-state index contributed by atoms with van der Waals surface area (Å²) in [5.74, 6) is -1.74. The molecular formula is C13H16FNO2. The predicted octanol–water partition coefficient (Wildman–Crippen LogP) is 2.69. The number of rotatable bonds is 3. The number of halogens is 1. The lowest BCUT2D eigenvalue weighted by molar-refractivity contribution is -0.144. The molecule has 0 saturated carbocycles. The second-order valence-electron chi connectivity index (χ2n) is 4.83. The molecule has 0 fully saturated rings. The molecule has 2 unspecified atom stereocenters. The van der Waals surface area contributed by atoms with Crippen molar-refractivity contribution in [1.82, 2.24) is 0 Å². The zero-order chi connectivity index (χ0) is 12.6. The first-order valence-corrected chi connectivity index (χ1v) is 5.77. The highest BCUT2D eigenvalue weighted by atomic mass is 19.1. The van der Waals surface area contributed by atoms with Gasteiger partial charge in [0.1, 0.15) is 5.82 Å². The van der Waals surface area contributed by atoms with Gasteiger partial charge in [-0.1, -0.05) is 13.8 Å². The van der Waals surface area contributed by atoms with Crippen molar-refractivity contribution in [3.63, 3.8) is 0 Å². The maximum Gasteiger partial charge on any atom is 0.307 e. The first-order valence-electron chi connectivity index (χ1n) is 5.77. The summed E-state index contributed by atoms with van der Waals surface area (Å²) < 4.78 is 13.2. The van der Waals surface area contributed by atoms with Crippen molar-refractivity contribution in [2.75, 3.05) is 11.9 Å². The van der Waals surface area contributed by atoms with Gasteiger partial charge in [-0.05, 0) is 29.7 Å². The van der Waals surface area contributed by atoms with E-state index in [9.17, 15) is 14.3 Å². The molecular weight excluding hydrogens is 221 g/mol. The number of anilines is 1. The van der Waals surface area contributed by atoms with Gasteiger partial charge in [-0.3, -0.25) is 4.79 Å². The number of carbonyl (C=O) groups is 1. The van der Waals surface area contributed by atoms with E-state index in [1.165, 1.54) is 12.1 Å². The molecule has 0 aliphatic carbocycles. The summed E-state index contributed by atoms with van der Waals surface area (Å²) in [5, 5.41) is 12.4. The standard InChI is InChI=1S/C13H16FNO2/c1-7(2)12(13(16)17)10-6-15-11-4-3-8(14)5-9(10)11/h3-5,7,10,12,15H,6H2,1-2H3,(H,16,17). The number of nitrogens with one attached hydrogen (secondary N) is 1. The van der Waals surface area contributed by atoms with Gasteiger partial charge in [-0.15, -0.1) is 0 Å². The second-order valence-corrected chi connectivity index (χ2v) is 4.83. The van der Waals surface area contributed by atoms with Crippen LogP contribution in [0.1, 0.15) is 25.3 Å². The van der Waals surface area contributed by atoms with Crippen LogP contribution >= 0.6 is 0 Å². The molecule has 92 valence electrons. The third kappa shape index (κ3) is 2.12. The van der Waals surface area contributed by atoms with Crippen LogP contribution in [0.15, 0.2) is 18.2 Å². The van der Waals surface area contributed by atoms with Crippen LogP contribution in [0.25, 0.3) is 0 Å². The minimum Gasteiger partial charge on any atom is -0.481 e. The molecule has 2 rings (SSSR count). The van der Waals surface area contributed by atoms with E-state index in [1.807, 2.05) is 13.8 Å². The van der Waals surface area contributed by atoms with E-state index < -0.39 is 11.9 Å². The molecule has 4 heteroatoms. The highest BCUT2D eigenvalue weighted by Crippen LogP contribution is 2.39. The summed E-state index contributed by atoms with van der Waals surface area (Å²) in [7, 11) is 0. The molecule has 1 heterocycles. The maximum atomic E-state index is 13.2. The lowest BCUT2D eigenvalue weighted by atomic mass is 9.80. The topological polar surface area (TPSA) is 49.3 Å². The van der Waals surface area contributed by atoms with Crippen molar-refractivity contribution in [3.8, 4) is 0 Å². The smallest absolute Gasteiger partial charge is 0.307 e. The van der Waals surface area contributed by atoms with Crippen LogP contribution in [0.4, 0.5) is 10.1 Å². The van der Waals surface area contributed by atoms with Crippen LogP contribution < -0.4 is 5.32 Å². The fourth-order valence-corrected chi connectivity index (χ4v) is 2.57. The van der Waals surface area contributed by atoms with Crippen molar-refractivity contribution >= 4 is 11.7 Å². The zero-order valence-corrected chi connectivity index (χ0v) is 9.90. The highest BCUT2D eigenvalue weighted by Gasteiger charge is 2.36. The van der Waals surface area contributed by atoms with Crippen LogP contribution in [0.2, 0.25) is 0 Å². The SMILES string of the molecule is CC(C)C(C(=O)O)C1CNc2ccc(F)cc21. The lowest BCUT2D eigenvalue weighted by Gasteiger charge is -2.23. The Morgan fingerprint density at radius 3 is 2.82 bits per heavy atom. The summed E-state index contributed by atoms with van der Waals surface area (Å²) in [6.07, 6.45) is 0. The molecule has 3 nitrogen and oxygen atoms in total. The number of hydrogen-bond donors (Lipinski definition) is 2. The Balaban J connectivity index is 2.37. The van der Waals surface area contributed by atoms with E-state index in [2.05, 4.69) is 5.32 Å². The Morgan fingerprint density at radius 2 is 2.24 bits per heavy atom. The highest BCUT2D eigenvalue weighted by molar-refractivity contribution is 5.74. The van der Waals surface area contributed by atoms with E-state index in [0.717, 1.165) is 11.3 Å². The second kappa shape index (κ2) is 4.35. The average Bonchev–Trinajstić information content (AvgIpc) is 2.60. The zero-order valence-electron chi connectivity index (χ0n) is 9.90. The summed E-state index contributed by atoms with van der Waals surface area (Å²) in [6.45, 7) is 4.33. The van der Waals surface area contributed by atoms with Gasteiger partial charge in [0.25, 0.3) is 0 Å². The van der Waals surface area contributed by atoms with Gasteiger partial charge in [0, 0.05) is 18.2 Å². The molecule has 0 radical (unpaired) electrons. The van der Waals surface area contributed by atoms with Gasteiger partial charge >= 0.3 is 5.97 Å². The molecule has 1 aromatic rings. The van der Waals surface area contributed by atoms with Crippen molar-refractivity contribution in [1.29, 1.82) is 0 Å². The third-order valence-electron chi connectivity index (χ3n) is 3.36. The fourth-order valence-electron chi connectivity index (χ4n) is 2.57. The number of hydrogen-bond acceptors (Lipinski definition) is 2. The van der Waals surface area contributed by atoms with Crippen molar-refractivity contribution in [2.24, 2.45) is 11.8 Å². The maximum absolute atomic E-state index is 13.2. The minimum absolute atomic E-state index is 0.0218. The van der Waals surface area contributed by atoms with Gasteiger partial charge in [0.15, 0.2) is 0 Å². The predicted molar refractivity (Wildman–Crippen MR) is 63.6 cm³/mol. The third-order valence-corrected chi connectivity index (χ3v) is 3.36. The first-order chi connectivity index (χ1) is 8.00. The quantitative estimate of drug-likeness (QED) is 0.849. The number of carboxylic acids is 1. The van der Waals surface area contributed by atoms with E-state index >= 15 is 0 Å². The molecule has 1 aliphatic rings. The molecule has 1 aromatic carbocycles. The normalized spacial score (nSPS) is 19.9. The van der Waals surface area contributed by atoms with Crippen molar-refractivity contribution in [2.45, 2.75) is 19.8 Å². The molecule has 1 aliphatic heterocycles. The Morgan fingerprint density at radius 1 is 1.53 bits per heavy atom. The van der Waals surface area contributed by atoms with Crippen molar-refractivity contribution < 1.29 is 14.3 Å². The molecule has 2 atom stereocenters. The van der Waals surface area contributed by atoms with E-state index in [-0.39, 0.29) is 17.7 Å². The van der Waals surface area contributed by atoms with Crippen LogP contribution in [-0.2, 0) is 4.79 Å². The van der Waals surface area contributed by atoms with Gasteiger partial charge in [0.2, 0.25) is 0 Å². The minimum atomic E-state index is -0.816. The number of benzene rings is 1. The fraction of sp³-hybridized carbons (Fsp3) is 0.462. The van der Waals surface area contributed by atoms with Gasteiger partial charge in [0.05, 0.1) is 5.92 Å². The Labute approximate surface area is 99.7 Å². The molecule has 2 N–H and O–H groups in total. The van der Waals surface area contributed by atoms with Crippen LogP contribution in [0.5, 0.6) is 0 Å². The Kier molecular flexibility index (Phi) is 3.05.